The lowest BCUT2D eigenvalue weighted by atomic mass is 9.95. The van der Waals surface area contributed by atoms with E-state index >= 15 is 0 Å². The molecule has 1 heterocycles. The molecule has 1 N–H and O–H groups in total. The highest BCUT2D eigenvalue weighted by molar-refractivity contribution is 6.42. The standard InChI is InChI=1S/C19H21FN2O2/c20-15-10-8-14(9-11-15)13-22-12-4-7-17(22)18(23)19(24)21-16-5-2-1-3-6-16/h4,7-12,16H,1-3,5-6,13H2,(H,21,24). The minimum Gasteiger partial charge on any atom is -0.346 e. The van der Waals surface area contributed by atoms with E-state index in [0.29, 0.717) is 12.2 Å². The van der Waals surface area contributed by atoms with Crippen LogP contribution in [0.3, 0.4) is 0 Å². The van der Waals surface area contributed by atoms with Gasteiger partial charge in [-0.2, -0.15) is 0 Å². The summed E-state index contributed by atoms with van der Waals surface area (Å²) in [5.74, 6) is -1.36. The second-order valence-electron chi connectivity index (χ2n) is 6.29. The van der Waals surface area contributed by atoms with Crippen molar-refractivity contribution in [2.45, 2.75) is 44.7 Å². The summed E-state index contributed by atoms with van der Waals surface area (Å²) in [6.45, 7) is 0.422. The number of ketones is 1. The second kappa shape index (κ2) is 7.43. The molecule has 5 heteroatoms. The maximum absolute atomic E-state index is 13.0. The van der Waals surface area contributed by atoms with Crippen molar-refractivity contribution in [1.29, 1.82) is 0 Å². The summed E-state index contributed by atoms with van der Waals surface area (Å²) in [7, 11) is 0. The van der Waals surface area contributed by atoms with E-state index in [9.17, 15) is 14.0 Å². The number of nitrogens with one attached hydrogen (secondary N) is 1. The average molecular weight is 328 g/mol. The van der Waals surface area contributed by atoms with Crippen LogP contribution < -0.4 is 5.32 Å². The molecule has 1 amide bonds. The van der Waals surface area contributed by atoms with Crippen LogP contribution in [0.4, 0.5) is 4.39 Å². The molecule has 0 spiro atoms. The quantitative estimate of drug-likeness (QED) is 0.676. The maximum atomic E-state index is 13.0. The van der Waals surface area contributed by atoms with Crippen LogP contribution in [0, 0.1) is 5.82 Å². The molecule has 1 aromatic carbocycles. The fraction of sp³-hybridized carbons (Fsp3) is 0.368. The Morgan fingerprint density at radius 1 is 1.08 bits per heavy atom. The first-order chi connectivity index (χ1) is 11.6. The number of aromatic nitrogens is 1. The molecular formula is C19H21FN2O2. The van der Waals surface area contributed by atoms with Crippen molar-refractivity contribution in [3.63, 3.8) is 0 Å². The lowest BCUT2D eigenvalue weighted by Gasteiger charge is -2.22. The maximum Gasteiger partial charge on any atom is 0.294 e. The number of halogens is 1. The van der Waals surface area contributed by atoms with Crippen LogP contribution in [-0.4, -0.2) is 22.3 Å². The highest BCUT2D eigenvalue weighted by Gasteiger charge is 2.23. The van der Waals surface area contributed by atoms with E-state index in [1.165, 1.54) is 18.6 Å². The Labute approximate surface area is 140 Å². The third-order valence-corrected chi connectivity index (χ3v) is 4.47. The predicted octanol–water partition coefficient (Wildman–Crippen LogP) is 3.31. The number of carbonyl (C=O) groups excluding carboxylic acids is 2. The van der Waals surface area contributed by atoms with Crippen molar-refractivity contribution in [3.05, 3.63) is 59.7 Å². The SMILES string of the molecule is O=C(NC1CCCCC1)C(=O)c1cccn1Cc1ccc(F)cc1. The van der Waals surface area contributed by atoms with Crippen molar-refractivity contribution in [2.24, 2.45) is 0 Å². The third-order valence-electron chi connectivity index (χ3n) is 4.47. The average Bonchev–Trinajstić information content (AvgIpc) is 3.05. The molecule has 1 aliphatic rings. The Kier molecular flexibility index (Phi) is 5.08. The Morgan fingerprint density at radius 2 is 1.79 bits per heavy atom. The van der Waals surface area contributed by atoms with Crippen molar-refractivity contribution in [1.82, 2.24) is 9.88 Å². The van der Waals surface area contributed by atoms with Gasteiger partial charge in [0.25, 0.3) is 11.7 Å². The number of carbonyl (C=O) groups is 2. The van der Waals surface area contributed by atoms with Crippen LogP contribution in [-0.2, 0) is 11.3 Å². The zero-order chi connectivity index (χ0) is 16.9. The van der Waals surface area contributed by atoms with Gasteiger partial charge in [0.15, 0.2) is 0 Å². The molecule has 3 rings (SSSR count). The molecule has 0 bridgehead atoms. The van der Waals surface area contributed by atoms with E-state index in [-0.39, 0.29) is 11.9 Å². The molecule has 1 aliphatic carbocycles. The summed E-state index contributed by atoms with van der Waals surface area (Å²) in [5.41, 5.74) is 1.22. The molecule has 0 radical (unpaired) electrons. The van der Waals surface area contributed by atoms with Gasteiger partial charge in [0.1, 0.15) is 5.82 Å². The largest absolute Gasteiger partial charge is 0.346 e. The Hall–Kier alpha value is -2.43. The van der Waals surface area contributed by atoms with E-state index in [1.54, 1.807) is 35.0 Å². The van der Waals surface area contributed by atoms with Crippen LogP contribution in [0.1, 0.15) is 48.2 Å². The summed E-state index contributed by atoms with van der Waals surface area (Å²) in [6.07, 6.45) is 7.02. The van der Waals surface area contributed by atoms with Crippen molar-refractivity contribution >= 4 is 11.7 Å². The molecule has 1 saturated carbocycles. The van der Waals surface area contributed by atoms with Gasteiger partial charge in [-0.3, -0.25) is 9.59 Å². The lowest BCUT2D eigenvalue weighted by Crippen LogP contribution is -2.40. The highest BCUT2D eigenvalue weighted by Crippen LogP contribution is 2.17. The summed E-state index contributed by atoms with van der Waals surface area (Å²) >= 11 is 0. The van der Waals surface area contributed by atoms with Gasteiger partial charge in [0.2, 0.25) is 0 Å². The molecule has 126 valence electrons. The Morgan fingerprint density at radius 3 is 2.50 bits per heavy atom. The van der Waals surface area contributed by atoms with E-state index < -0.39 is 11.7 Å². The van der Waals surface area contributed by atoms with E-state index in [1.807, 2.05) is 0 Å². The molecule has 4 nitrogen and oxygen atoms in total. The molecule has 0 atom stereocenters. The van der Waals surface area contributed by atoms with Gasteiger partial charge < -0.3 is 9.88 Å². The number of rotatable bonds is 5. The zero-order valence-electron chi connectivity index (χ0n) is 13.5. The van der Waals surface area contributed by atoms with Gasteiger partial charge >= 0.3 is 0 Å². The number of amides is 1. The van der Waals surface area contributed by atoms with Crippen LogP contribution in [0.2, 0.25) is 0 Å². The predicted molar refractivity (Wildman–Crippen MR) is 89.3 cm³/mol. The summed E-state index contributed by atoms with van der Waals surface area (Å²) < 4.78 is 14.7. The number of nitrogens with zero attached hydrogens (tertiary/aromatic N) is 1. The number of hydrogen-bond donors (Lipinski definition) is 1. The fourth-order valence-corrected chi connectivity index (χ4v) is 3.16. The fourth-order valence-electron chi connectivity index (χ4n) is 3.16. The summed E-state index contributed by atoms with van der Waals surface area (Å²) in [5, 5.41) is 2.85. The van der Waals surface area contributed by atoms with E-state index in [0.717, 1.165) is 31.2 Å². The minimum atomic E-state index is -0.541. The summed E-state index contributed by atoms with van der Waals surface area (Å²) in [4.78, 5) is 24.7. The number of benzene rings is 1. The monoisotopic (exact) mass is 328 g/mol. The summed E-state index contributed by atoms with van der Waals surface area (Å²) in [6, 6.07) is 9.61. The van der Waals surface area contributed by atoms with Crippen molar-refractivity contribution < 1.29 is 14.0 Å². The van der Waals surface area contributed by atoms with E-state index in [4.69, 9.17) is 0 Å². The highest BCUT2D eigenvalue weighted by atomic mass is 19.1. The molecular weight excluding hydrogens is 307 g/mol. The first-order valence-electron chi connectivity index (χ1n) is 8.38. The first kappa shape index (κ1) is 16.4. The Bertz CT molecular complexity index is 715. The molecule has 0 unspecified atom stereocenters. The number of Topliss-reactive ketones (excluding diaryl/α,β-unsaturated/α-hetero) is 1. The normalized spacial score (nSPS) is 15.2. The van der Waals surface area contributed by atoms with Crippen LogP contribution in [0.25, 0.3) is 0 Å². The molecule has 1 aromatic heterocycles. The van der Waals surface area contributed by atoms with Crippen LogP contribution in [0.5, 0.6) is 0 Å². The van der Waals surface area contributed by atoms with Gasteiger partial charge in [0, 0.05) is 18.8 Å². The Balaban J connectivity index is 1.68. The van der Waals surface area contributed by atoms with Gasteiger partial charge in [-0.25, -0.2) is 4.39 Å². The minimum absolute atomic E-state index is 0.107. The van der Waals surface area contributed by atoms with Crippen LogP contribution in [0.15, 0.2) is 42.6 Å². The van der Waals surface area contributed by atoms with Crippen molar-refractivity contribution in [3.8, 4) is 0 Å². The van der Waals surface area contributed by atoms with Gasteiger partial charge in [-0.05, 0) is 42.7 Å². The second-order valence-corrected chi connectivity index (χ2v) is 6.29. The molecule has 0 aliphatic heterocycles. The third kappa shape index (κ3) is 3.91. The molecule has 2 aromatic rings. The lowest BCUT2D eigenvalue weighted by molar-refractivity contribution is -0.117. The van der Waals surface area contributed by atoms with Gasteiger partial charge in [0.05, 0.1) is 5.69 Å². The number of hydrogen-bond acceptors (Lipinski definition) is 2. The van der Waals surface area contributed by atoms with E-state index in [2.05, 4.69) is 5.32 Å². The first-order valence-corrected chi connectivity index (χ1v) is 8.38. The van der Waals surface area contributed by atoms with Gasteiger partial charge in [-0.15, -0.1) is 0 Å². The van der Waals surface area contributed by atoms with Crippen molar-refractivity contribution in [2.75, 3.05) is 0 Å². The topological polar surface area (TPSA) is 51.1 Å². The smallest absolute Gasteiger partial charge is 0.294 e. The van der Waals surface area contributed by atoms with Gasteiger partial charge in [-0.1, -0.05) is 31.4 Å². The zero-order valence-corrected chi connectivity index (χ0v) is 13.5. The molecule has 0 saturated heterocycles. The molecule has 24 heavy (non-hydrogen) atoms. The van der Waals surface area contributed by atoms with Crippen LogP contribution >= 0.6 is 0 Å². The molecule has 1 fully saturated rings.